The first-order valence-electron chi connectivity index (χ1n) is 8.00. The Morgan fingerprint density at radius 2 is 1.95 bits per heavy atom. The standard InChI is InChI=1S/C18H26O2S/c1-4-13-5-10-16(18(19)20)17(11-13)21-15-8-6-14(7-9-15)12(2)3/h6-9,12-13,16-17H,4-5,10-11H2,1-3H3,(H,19,20). The third-order valence-electron chi connectivity index (χ3n) is 4.63. The predicted molar refractivity (Wildman–Crippen MR) is 88.9 cm³/mol. The van der Waals surface area contributed by atoms with Gasteiger partial charge >= 0.3 is 5.97 Å². The van der Waals surface area contributed by atoms with E-state index < -0.39 is 5.97 Å². The van der Waals surface area contributed by atoms with Gasteiger partial charge in [0.1, 0.15) is 0 Å². The highest BCUT2D eigenvalue weighted by Crippen LogP contribution is 2.41. The molecule has 0 spiro atoms. The second kappa shape index (κ2) is 7.35. The summed E-state index contributed by atoms with van der Waals surface area (Å²) >= 11 is 1.76. The molecule has 0 aliphatic heterocycles. The Kier molecular flexibility index (Phi) is 5.74. The predicted octanol–water partition coefficient (Wildman–Crippen LogP) is 5.18. The van der Waals surface area contributed by atoms with Crippen molar-refractivity contribution in [2.24, 2.45) is 11.8 Å². The Morgan fingerprint density at radius 3 is 2.48 bits per heavy atom. The van der Waals surface area contributed by atoms with E-state index in [4.69, 9.17) is 0 Å². The second-order valence-electron chi connectivity index (χ2n) is 6.41. The summed E-state index contributed by atoms with van der Waals surface area (Å²) in [7, 11) is 0. The van der Waals surface area contributed by atoms with Crippen LogP contribution in [0.15, 0.2) is 29.2 Å². The van der Waals surface area contributed by atoms with Gasteiger partial charge in [-0.2, -0.15) is 0 Å². The Labute approximate surface area is 132 Å². The molecule has 0 amide bonds. The maximum atomic E-state index is 11.5. The van der Waals surface area contributed by atoms with Crippen LogP contribution in [0.5, 0.6) is 0 Å². The first kappa shape index (κ1) is 16.4. The quantitative estimate of drug-likeness (QED) is 0.814. The van der Waals surface area contributed by atoms with Gasteiger partial charge in [0, 0.05) is 10.1 Å². The van der Waals surface area contributed by atoms with Gasteiger partial charge in [-0.3, -0.25) is 4.79 Å². The summed E-state index contributed by atoms with van der Waals surface area (Å²) in [5, 5.41) is 9.66. The molecule has 21 heavy (non-hydrogen) atoms. The lowest BCUT2D eigenvalue weighted by molar-refractivity contribution is -0.142. The first-order chi connectivity index (χ1) is 10.0. The van der Waals surface area contributed by atoms with Gasteiger partial charge in [-0.05, 0) is 48.8 Å². The summed E-state index contributed by atoms with van der Waals surface area (Å²) in [4.78, 5) is 12.7. The minimum atomic E-state index is -0.624. The molecule has 2 nitrogen and oxygen atoms in total. The largest absolute Gasteiger partial charge is 0.481 e. The molecule has 0 bridgehead atoms. The zero-order valence-corrected chi connectivity index (χ0v) is 14.0. The van der Waals surface area contributed by atoms with E-state index in [0.29, 0.717) is 11.8 Å². The van der Waals surface area contributed by atoms with Gasteiger partial charge < -0.3 is 5.11 Å². The van der Waals surface area contributed by atoms with Crippen molar-refractivity contribution in [1.82, 2.24) is 0 Å². The molecule has 1 aliphatic carbocycles. The van der Waals surface area contributed by atoms with Gasteiger partial charge in [0.25, 0.3) is 0 Å². The van der Waals surface area contributed by atoms with Crippen molar-refractivity contribution in [2.75, 3.05) is 0 Å². The molecule has 0 saturated heterocycles. The number of aliphatic carboxylic acids is 1. The van der Waals surface area contributed by atoms with Crippen LogP contribution in [0.25, 0.3) is 0 Å². The number of benzene rings is 1. The van der Waals surface area contributed by atoms with Crippen molar-refractivity contribution in [3.8, 4) is 0 Å². The number of carboxylic acid groups (broad SMARTS) is 1. The molecule has 0 aromatic heterocycles. The zero-order valence-electron chi connectivity index (χ0n) is 13.2. The zero-order chi connectivity index (χ0) is 15.4. The highest BCUT2D eigenvalue weighted by atomic mass is 32.2. The molecule has 1 fully saturated rings. The van der Waals surface area contributed by atoms with Crippen molar-refractivity contribution in [3.05, 3.63) is 29.8 Å². The highest BCUT2D eigenvalue weighted by Gasteiger charge is 2.35. The van der Waals surface area contributed by atoms with E-state index in [1.165, 1.54) is 10.5 Å². The van der Waals surface area contributed by atoms with E-state index >= 15 is 0 Å². The molecule has 0 heterocycles. The highest BCUT2D eigenvalue weighted by molar-refractivity contribution is 8.00. The van der Waals surface area contributed by atoms with Crippen molar-refractivity contribution >= 4 is 17.7 Å². The maximum Gasteiger partial charge on any atom is 0.307 e. The molecule has 1 aromatic rings. The fourth-order valence-electron chi connectivity index (χ4n) is 3.10. The third kappa shape index (κ3) is 4.26. The summed E-state index contributed by atoms with van der Waals surface area (Å²) in [6, 6.07) is 8.63. The van der Waals surface area contributed by atoms with Gasteiger partial charge in [0.05, 0.1) is 5.92 Å². The fourth-order valence-corrected chi connectivity index (χ4v) is 4.53. The van der Waals surface area contributed by atoms with Crippen molar-refractivity contribution < 1.29 is 9.90 Å². The van der Waals surface area contributed by atoms with E-state index in [1.807, 2.05) is 0 Å². The number of thioether (sulfide) groups is 1. The molecule has 1 N–H and O–H groups in total. The summed E-state index contributed by atoms with van der Waals surface area (Å²) in [6.07, 6.45) is 4.09. The average Bonchev–Trinajstić information content (AvgIpc) is 2.47. The summed E-state index contributed by atoms with van der Waals surface area (Å²) in [5.41, 5.74) is 1.34. The van der Waals surface area contributed by atoms with E-state index in [1.54, 1.807) is 11.8 Å². The van der Waals surface area contributed by atoms with Crippen molar-refractivity contribution in [3.63, 3.8) is 0 Å². The van der Waals surface area contributed by atoms with Gasteiger partial charge in [0.15, 0.2) is 0 Å². The minimum Gasteiger partial charge on any atom is -0.481 e. The summed E-state index contributed by atoms with van der Waals surface area (Å²) in [5.74, 6) is 0.409. The molecule has 0 radical (unpaired) electrons. The van der Waals surface area contributed by atoms with Crippen LogP contribution in [0.1, 0.15) is 57.9 Å². The molecule has 3 heteroatoms. The Morgan fingerprint density at radius 1 is 1.29 bits per heavy atom. The molecule has 1 saturated carbocycles. The lowest BCUT2D eigenvalue weighted by Crippen LogP contribution is -2.32. The van der Waals surface area contributed by atoms with Crippen LogP contribution in [0.4, 0.5) is 0 Å². The topological polar surface area (TPSA) is 37.3 Å². The monoisotopic (exact) mass is 306 g/mol. The van der Waals surface area contributed by atoms with E-state index in [2.05, 4.69) is 45.0 Å². The fraction of sp³-hybridized carbons (Fsp3) is 0.611. The van der Waals surface area contributed by atoms with Gasteiger partial charge in [0.2, 0.25) is 0 Å². The van der Waals surface area contributed by atoms with E-state index in [0.717, 1.165) is 25.7 Å². The van der Waals surface area contributed by atoms with Gasteiger partial charge in [-0.25, -0.2) is 0 Å². The SMILES string of the molecule is CCC1CCC(C(=O)O)C(Sc2ccc(C(C)C)cc2)C1. The lowest BCUT2D eigenvalue weighted by Gasteiger charge is -2.33. The molecule has 3 atom stereocenters. The Hall–Kier alpha value is -0.960. The van der Waals surface area contributed by atoms with E-state index in [-0.39, 0.29) is 11.2 Å². The number of carboxylic acids is 1. The van der Waals surface area contributed by atoms with Crippen LogP contribution in [0, 0.1) is 11.8 Å². The Bertz CT molecular complexity index is 467. The van der Waals surface area contributed by atoms with Crippen LogP contribution in [0.2, 0.25) is 0 Å². The average molecular weight is 306 g/mol. The van der Waals surface area contributed by atoms with Crippen LogP contribution in [-0.4, -0.2) is 16.3 Å². The lowest BCUT2D eigenvalue weighted by atomic mass is 9.80. The first-order valence-corrected chi connectivity index (χ1v) is 8.88. The normalized spacial score (nSPS) is 26.0. The molecule has 1 aromatic carbocycles. The number of hydrogen-bond acceptors (Lipinski definition) is 2. The third-order valence-corrected chi connectivity index (χ3v) is 6.00. The van der Waals surface area contributed by atoms with E-state index in [9.17, 15) is 9.90 Å². The minimum absolute atomic E-state index is 0.192. The second-order valence-corrected chi connectivity index (χ2v) is 7.72. The van der Waals surface area contributed by atoms with Gasteiger partial charge in [-0.15, -0.1) is 11.8 Å². The maximum absolute atomic E-state index is 11.5. The molecule has 1 aliphatic rings. The van der Waals surface area contributed by atoms with Crippen LogP contribution >= 0.6 is 11.8 Å². The molecule has 2 rings (SSSR count). The van der Waals surface area contributed by atoms with Crippen LogP contribution < -0.4 is 0 Å². The smallest absolute Gasteiger partial charge is 0.307 e. The number of carbonyl (C=O) groups is 1. The molecular weight excluding hydrogens is 280 g/mol. The van der Waals surface area contributed by atoms with Crippen LogP contribution in [0.3, 0.4) is 0 Å². The van der Waals surface area contributed by atoms with Crippen molar-refractivity contribution in [2.45, 2.75) is 62.5 Å². The molecule has 3 unspecified atom stereocenters. The number of hydrogen-bond donors (Lipinski definition) is 1. The Balaban J connectivity index is 2.08. The van der Waals surface area contributed by atoms with Crippen LogP contribution in [-0.2, 0) is 4.79 Å². The number of rotatable bonds is 5. The summed E-state index contributed by atoms with van der Waals surface area (Å²) < 4.78 is 0. The van der Waals surface area contributed by atoms with Gasteiger partial charge in [-0.1, -0.05) is 39.3 Å². The molecule has 116 valence electrons. The van der Waals surface area contributed by atoms with Crippen molar-refractivity contribution in [1.29, 1.82) is 0 Å². The summed E-state index contributed by atoms with van der Waals surface area (Å²) in [6.45, 7) is 6.59. The molecular formula is C18H26O2S.